The van der Waals surface area contributed by atoms with Gasteiger partial charge in [-0.15, -0.1) is 0 Å². The first-order valence-electron chi connectivity index (χ1n) is 17.7. The van der Waals surface area contributed by atoms with Crippen LogP contribution in [-0.4, -0.2) is 139 Å². The first kappa shape index (κ1) is 44.6. The molecule has 7 atom stereocenters. The highest BCUT2D eigenvalue weighted by molar-refractivity contribution is 7.90. The Bertz CT molecular complexity index is 1480. The second kappa shape index (κ2) is 20.0. The van der Waals surface area contributed by atoms with Gasteiger partial charge in [0.15, 0.2) is 0 Å². The van der Waals surface area contributed by atoms with Crippen LogP contribution < -0.4 is 10.0 Å². The van der Waals surface area contributed by atoms with Crippen LogP contribution in [0.1, 0.15) is 70.7 Å². The highest BCUT2D eigenvalue weighted by Crippen LogP contribution is 2.29. The first-order chi connectivity index (χ1) is 24.4. The third-order valence-electron chi connectivity index (χ3n) is 10.00. The van der Waals surface area contributed by atoms with E-state index >= 15 is 0 Å². The summed E-state index contributed by atoms with van der Waals surface area (Å²) in [4.78, 5) is 70.1. The summed E-state index contributed by atoms with van der Waals surface area (Å²) in [6, 6.07) is 3.55. The number of benzene rings is 1. The topological polar surface area (TPSA) is 181 Å². The van der Waals surface area contributed by atoms with Crippen molar-refractivity contribution in [2.75, 3.05) is 55.6 Å². The maximum Gasteiger partial charge on any atom is 0.337 e. The molecule has 1 aliphatic rings. The highest BCUT2D eigenvalue weighted by Gasteiger charge is 2.42. The molecule has 1 aromatic rings. The molecule has 16 heteroatoms. The molecule has 0 spiro atoms. The molecule has 52 heavy (non-hydrogen) atoms. The van der Waals surface area contributed by atoms with Crippen LogP contribution in [0.15, 0.2) is 29.2 Å². The largest absolute Gasteiger partial charge is 0.465 e. The Morgan fingerprint density at radius 1 is 0.942 bits per heavy atom. The number of likely N-dealkylation sites (tertiary alicyclic amines) is 1. The van der Waals surface area contributed by atoms with Crippen molar-refractivity contribution in [1.82, 2.24) is 24.7 Å². The maximum absolute atomic E-state index is 14.0. The summed E-state index contributed by atoms with van der Waals surface area (Å²) in [6.07, 6.45) is 0.287. The maximum atomic E-state index is 14.0. The van der Waals surface area contributed by atoms with Crippen molar-refractivity contribution in [2.24, 2.45) is 17.8 Å². The number of amides is 4. The SMILES string of the molecule is CCC(C)C(C(CC(=O)N1CCCC1C(OC)C(C)C(=O)NS(=O)(=O)c1ccc(C(=O)OC)cc1)OC)N(C)C(=O)CNC(=O)C(C(C)C)N(C)C. The zero-order valence-electron chi connectivity index (χ0n) is 32.5. The molecule has 0 saturated carbocycles. The van der Waals surface area contributed by atoms with Crippen LogP contribution >= 0.6 is 0 Å². The molecule has 4 amide bonds. The number of likely N-dealkylation sites (N-methyl/N-ethyl adjacent to an activating group) is 2. The second-order valence-electron chi connectivity index (χ2n) is 14.0. The normalized spacial score (nSPS) is 18.2. The van der Waals surface area contributed by atoms with E-state index in [2.05, 4.69) is 14.8 Å². The zero-order valence-corrected chi connectivity index (χ0v) is 33.3. The minimum absolute atomic E-state index is 0.0376. The van der Waals surface area contributed by atoms with Gasteiger partial charge in [0.05, 0.1) is 66.8 Å². The van der Waals surface area contributed by atoms with Gasteiger partial charge in [-0.25, -0.2) is 17.9 Å². The molecule has 0 bridgehead atoms. The molecule has 0 radical (unpaired) electrons. The number of nitrogens with zero attached hydrogens (tertiary/aromatic N) is 3. The van der Waals surface area contributed by atoms with Gasteiger partial charge in [-0.2, -0.15) is 0 Å². The summed E-state index contributed by atoms with van der Waals surface area (Å²) < 4.78 is 44.4. The van der Waals surface area contributed by atoms with Crippen molar-refractivity contribution in [2.45, 2.75) is 95.5 Å². The number of esters is 1. The van der Waals surface area contributed by atoms with Gasteiger partial charge >= 0.3 is 5.97 Å². The van der Waals surface area contributed by atoms with Crippen molar-refractivity contribution in [3.05, 3.63) is 29.8 Å². The Hall–Kier alpha value is -3.60. The van der Waals surface area contributed by atoms with Gasteiger partial charge in [0.1, 0.15) is 0 Å². The third kappa shape index (κ3) is 11.2. The van der Waals surface area contributed by atoms with E-state index in [0.717, 1.165) is 0 Å². The number of hydrogen-bond acceptors (Lipinski definition) is 11. The number of carbonyl (C=O) groups excluding carboxylic acids is 5. The lowest BCUT2D eigenvalue weighted by molar-refractivity contribution is -0.145. The molecule has 1 aliphatic heterocycles. The lowest BCUT2D eigenvalue weighted by Crippen LogP contribution is -2.55. The van der Waals surface area contributed by atoms with Crippen LogP contribution in [0.3, 0.4) is 0 Å². The fourth-order valence-electron chi connectivity index (χ4n) is 7.02. The van der Waals surface area contributed by atoms with E-state index in [1.54, 1.807) is 23.8 Å². The Morgan fingerprint density at radius 2 is 1.56 bits per heavy atom. The second-order valence-corrected chi connectivity index (χ2v) is 15.7. The van der Waals surface area contributed by atoms with Gasteiger partial charge in [-0.05, 0) is 63.0 Å². The summed E-state index contributed by atoms with van der Waals surface area (Å²) in [5.41, 5.74) is 0.153. The van der Waals surface area contributed by atoms with Gasteiger partial charge in [-0.3, -0.25) is 24.1 Å². The van der Waals surface area contributed by atoms with E-state index in [1.807, 2.05) is 46.7 Å². The number of nitrogens with one attached hydrogen (secondary N) is 2. The van der Waals surface area contributed by atoms with E-state index in [-0.39, 0.29) is 53.0 Å². The van der Waals surface area contributed by atoms with E-state index in [0.29, 0.717) is 25.8 Å². The molecular formula is C36H59N5O10S. The van der Waals surface area contributed by atoms with E-state index < -0.39 is 58.2 Å². The number of ether oxygens (including phenoxy) is 3. The summed E-state index contributed by atoms with van der Waals surface area (Å²) in [5, 5.41) is 2.77. The summed E-state index contributed by atoms with van der Waals surface area (Å²) >= 11 is 0. The van der Waals surface area contributed by atoms with Crippen molar-refractivity contribution in [3.8, 4) is 0 Å². The smallest absolute Gasteiger partial charge is 0.337 e. The third-order valence-corrected chi connectivity index (χ3v) is 11.4. The number of carbonyl (C=O) groups is 5. The predicted octanol–water partition coefficient (Wildman–Crippen LogP) is 1.90. The monoisotopic (exact) mass is 753 g/mol. The van der Waals surface area contributed by atoms with E-state index in [1.165, 1.54) is 45.6 Å². The van der Waals surface area contributed by atoms with Crippen molar-refractivity contribution in [1.29, 1.82) is 0 Å². The molecule has 1 aromatic carbocycles. The van der Waals surface area contributed by atoms with Gasteiger partial charge in [0.2, 0.25) is 23.6 Å². The zero-order chi connectivity index (χ0) is 39.5. The van der Waals surface area contributed by atoms with Crippen LogP contribution in [0.25, 0.3) is 0 Å². The molecule has 1 fully saturated rings. The van der Waals surface area contributed by atoms with Crippen molar-refractivity contribution >= 4 is 39.6 Å². The quantitative estimate of drug-likeness (QED) is 0.197. The molecule has 7 unspecified atom stereocenters. The van der Waals surface area contributed by atoms with E-state index in [9.17, 15) is 32.4 Å². The molecule has 15 nitrogen and oxygen atoms in total. The molecule has 1 saturated heterocycles. The van der Waals surface area contributed by atoms with Gasteiger partial charge < -0.3 is 29.3 Å². The summed E-state index contributed by atoms with van der Waals surface area (Å²) in [6.45, 7) is 9.57. The molecular weight excluding hydrogens is 694 g/mol. The number of rotatable bonds is 19. The van der Waals surface area contributed by atoms with Crippen LogP contribution in [-0.2, 0) is 43.4 Å². The molecule has 0 aromatic heterocycles. The Kier molecular flexibility index (Phi) is 17.2. The van der Waals surface area contributed by atoms with Crippen LogP contribution in [0, 0.1) is 17.8 Å². The standard InChI is InChI=1S/C36H59N5O10S/c1-12-23(4)32(40(8)30(43)21-37-35(45)31(22(2)3)39(6)7)28(49-9)20-29(42)41-19-13-14-27(41)33(50-10)24(5)34(44)38-52(47,48)26-17-15-25(16-18-26)36(46)51-11/h15-18,22-24,27-28,31-33H,12-14,19-21H2,1-11H3,(H,37,45)(H,38,44). The first-order valence-corrected chi connectivity index (χ1v) is 19.1. The molecule has 2 rings (SSSR count). The van der Waals surface area contributed by atoms with Crippen LogP contribution in [0.2, 0.25) is 0 Å². The fourth-order valence-corrected chi connectivity index (χ4v) is 8.09. The number of hydrogen-bond donors (Lipinski definition) is 2. The van der Waals surface area contributed by atoms with Gasteiger partial charge in [0.25, 0.3) is 10.0 Å². The Morgan fingerprint density at radius 3 is 2.06 bits per heavy atom. The predicted molar refractivity (Wildman–Crippen MR) is 195 cm³/mol. The van der Waals surface area contributed by atoms with Gasteiger partial charge in [-0.1, -0.05) is 41.0 Å². The van der Waals surface area contributed by atoms with Crippen molar-refractivity contribution < 1.29 is 46.6 Å². The minimum Gasteiger partial charge on any atom is -0.465 e. The average molecular weight is 754 g/mol. The van der Waals surface area contributed by atoms with Crippen LogP contribution in [0.5, 0.6) is 0 Å². The molecule has 2 N–H and O–H groups in total. The lowest BCUT2D eigenvalue weighted by Gasteiger charge is -2.39. The number of methoxy groups -OCH3 is 3. The summed E-state index contributed by atoms with van der Waals surface area (Å²) in [7, 11) is 5.10. The molecule has 294 valence electrons. The lowest BCUT2D eigenvalue weighted by atomic mass is 9.90. The Balaban J connectivity index is 2.20. The molecule has 0 aliphatic carbocycles. The average Bonchev–Trinajstić information content (AvgIpc) is 3.59. The van der Waals surface area contributed by atoms with Crippen LogP contribution in [0.4, 0.5) is 0 Å². The number of sulfonamides is 1. The highest BCUT2D eigenvalue weighted by atomic mass is 32.2. The van der Waals surface area contributed by atoms with Crippen molar-refractivity contribution in [3.63, 3.8) is 0 Å². The molecule has 1 heterocycles. The fraction of sp³-hybridized carbons (Fsp3) is 0.694. The Labute approximate surface area is 309 Å². The minimum atomic E-state index is -4.29. The van der Waals surface area contributed by atoms with E-state index in [4.69, 9.17) is 9.47 Å². The summed E-state index contributed by atoms with van der Waals surface area (Å²) in [5.74, 6) is -3.26. The van der Waals surface area contributed by atoms with Gasteiger partial charge in [0, 0.05) is 27.8 Å².